The number of aliphatic hydroxyl groups excluding tert-OH is 1. The number of fused-ring (bicyclic) bond motifs is 2. The number of carbonyl (C=O) groups excluding carboxylic acids is 3. The minimum Gasteiger partial charge on any atom is -0.497 e. The van der Waals surface area contributed by atoms with Crippen molar-refractivity contribution in [3.05, 3.63) is 60.7 Å². The highest BCUT2D eigenvalue weighted by molar-refractivity contribution is 6.91. The summed E-state index contributed by atoms with van der Waals surface area (Å²) in [5.41, 5.74) is 0.866. The number of aliphatic hydroxyl groups is 1. The molecule has 3 fully saturated rings. The molecule has 1 spiro atoms. The van der Waals surface area contributed by atoms with E-state index in [0.717, 1.165) is 35.5 Å². The maximum Gasteiger partial charge on any atom is 0.264 e. The van der Waals surface area contributed by atoms with Crippen LogP contribution in [0.25, 0.3) is 0 Å². The van der Waals surface area contributed by atoms with Gasteiger partial charge in [0.25, 0.3) is 5.91 Å². The third-order valence-electron chi connectivity index (χ3n) is 10.6. The first-order chi connectivity index (χ1) is 21.1. The highest BCUT2D eigenvalue weighted by Crippen LogP contribution is 2.60. The zero-order valence-electron chi connectivity index (χ0n) is 26.1. The van der Waals surface area contributed by atoms with Crippen molar-refractivity contribution in [1.82, 2.24) is 4.90 Å². The van der Waals surface area contributed by atoms with Gasteiger partial charge in [-0.3, -0.25) is 14.4 Å². The van der Waals surface area contributed by atoms with Crippen LogP contribution >= 0.6 is 0 Å². The van der Waals surface area contributed by atoms with Crippen molar-refractivity contribution >= 4 is 42.4 Å². The molecule has 0 saturated carbocycles. The molecule has 4 aliphatic rings. The van der Waals surface area contributed by atoms with Crippen LogP contribution in [0.15, 0.2) is 55.1 Å². The lowest BCUT2D eigenvalue weighted by Gasteiger charge is -2.37. The number of amides is 3. The lowest BCUT2D eigenvalue weighted by molar-refractivity contribution is -0.149. The van der Waals surface area contributed by atoms with Crippen molar-refractivity contribution in [3.63, 3.8) is 0 Å². The van der Waals surface area contributed by atoms with E-state index in [1.54, 1.807) is 27.9 Å². The van der Waals surface area contributed by atoms with Crippen LogP contribution < -0.4 is 19.7 Å². The van der Waals surface area contributed by atoms with Gasteiger partial charge in [-0.05, 0) is 48.7 Å². The van der Waals surface area contributed by atoms with Crippen molar-refractivity contribution in [1.29, 1.82) is 0 Å². The topological polar surface area (TPSA) is 99.6 Å². The Morgan fingerprint density at radius 3 is 2.55 bits per heavy atom. The maximum atomic E-state index is 14.6. The van der Waals surface area contributed by atoms with Gasteiger partial charge in [0.15, 0.2) is 5.60 Å². The molecule has 6 rings (SSSR count). The number of rotatable bonds is 9. The van der Waals surface area contributed by atoms with Crippen LogP contribution in [0.1, 0.15) is 38.2 Å². The minimum atomic E-state index is -2.42. The monoisotopic (exact) mass is 617 g/mol. The third kappa shape index (κ3) is 4.61. The Kier molecular flexibility index (Phi) is 7.96. The van der Waals surface area contributed by atoms with Crippen LogP contribution in [0.3, 0.4) is 0 Å². The van der Waals surface area contributed by atoms with E-state index in [9.17, 15) is 19.5 Å². The average molecular weight is 618 g/mol. The number of nitrogens with zero attached hydrogens (tertiary/aromatic N) is 3. The highest BCUT2D eigenvalue weighted by atomic mass is 28.3. The van der Waals surface area contributed by atoms with Crippen LogP contribution in [0.5, 0.6) is 5.75 Å². The molecule has 0 aromatic heterocycles. The van der Waals surface area contributed by atoms with Gasteiger partial charge in [0.2, 0.25) is 11.8 Å². The number of ether oxygens (including phenoxy) is 2. The molecule has 0 bridgehead atoms. The Hall–Kier alpha value is -3.47. The molecule has 10 heteroatoms. The van der Waals surface area contributed by atoms with Crippen LogP contribution in [-0.4, -0.2) is 81.3 Å². The number of anilines is 2. The lowest BCUT2D eigenvalue weighted by atomic mass is 9.82. The Morgan fingerprint density at radius 2 is 1.93 bits per heavy atom. The largest absolute Gasteiger partial charge is 0.497 e. The highest BCUT2D eigenvalue weighted by Gasteiger charge is 2.66. The van der Waals surface area contributed by atoms with Crippen LogP contribution in [-0.2, 0) is 24.7 Å². The summed E-state index contributed by atoms with van der Waals surface area (Å²) in [7, 11) is -0.776. The molecule has 0 aliphatic carbocycles. The molecule has 44 heavy (non-hydrogen) atoms. The van der Waals surface area contributed by atoms with Crippen LogP contribution in [0.4, 0.5) is 11.4 Å². The van der Waals surface area contributed by atoms with Crippen LogP contribution in [0.2, 0.25) is 18.6 Å². The predicted molar refractivity (Wildman–Crippen MR) is 172 cm³/mol. The molecule has 234 valence electrons. The third-order valence-corrected chi connectivity index (χ3v) is 14.9. The maximum absolute atomic E-state index is 14.6. The molecule has 9 nitrogen and oxygen atoms in total. The Labute approximate surface area is 260 Å². The van der Waals surface area contributed by atoms with E-state index in [-0.39, 0.29) is 48.3 Å². The fraction of sp³-hybridized carbons (Fsp3) is 0.500. The Balaban J connectivity index is 1.46. The van der Waals surface area contributed by atoms with E-state index < -0.39 is 19.8 Å². The predicted octanol–water partition coefficient (Wildman–Crippen LogP) is 3.55. The summed E-state index contributed by atoms with van der Waals surface area (Å²) < 4.78 is 12.5. The first-order valence-corrected chi connectivity index (χ1v) is 18.8. The smallest absolute Gasteiger partial charge is 0.264 e. The molecule has 3 amide bonds. The van der Waals surface area contributed by atoms with Gasteiger partial charge in [0, 0.05) is 43.2 Å². The van der Waals surface area contributed by atoms with Crippen molar-refractivity contribution in [2.45, 2.75) is 69.0 Å². The number of carbonyl (C=O) groups is 3. The van der Waals surface area contributed by atoms with E-state index in [1.807, 2.05) is 30.3 Å². The van der Waals surface area contributed by atoms with E-state index in [4.69, 9.17) is 9.47 Å². The van der Waals surface area contributed by atoms with Gasteiger partial charge in [0.1, 0.15) is 5.75 Å². The zero-order valence-corrected chi connectivity index (χ0v) is 27.1. The van der Waals surface area contributed by atoms with Crippen LogP contribution in [0, 0.1) is 5.92 Å². The molecule has 3 saturated heterocycles. The Morgan fingerprint density at radius 1 is 1.18 bits per heavy atom. The van der Waals surface area contributed by atoms with Crippen molar-refractivity contribution < 1.29 is 29.0 Å². The second-order valence-corrected chi connectivity index (χ2v) is 17.8. The quantitative estimate of drug-likeness (QED) is 0.263. The molecule has 5 atom stereocenters. The summed E-state index contributed by atoms with van der Waals surface area (Å²) >= 11 is 0. The first kappa shape index (κ1) is 30.5. The average Bonchev–Trinajstić information content (AvgIpc) is 3.67. The second kappa shape index (κ2) is 11.5. The lowest BCUT2D eigenvalue weighted by Crippen LogP contribution is -2.52. The molecule has 4 aliphatic heterocycles. The van der Waals surface area contributed by atoms with Gasteiger partial charge in [-0.1, -0.05) is 43.4 Å². The standard InChI is InChI=1S/C34H43N3O6Si/c1-6-16-37-28-14-9-23(36-18-15-30(36)39)19-27(28)34(33(37)41)22(2)32(44(4,5)26-12-10-25(42-3)11-13-26)29(43-34)20-31(40)35-17-7-8-24(35)21-38/h6,9-14,19,22,24,29,32,38H,1,7-8,15-18,20-21H2,2-5H3/t22-,24-,29+,32-,34+/m0/s1. The van der Waals surface area contributed by atoms with E-state index >= 15 is 0 Å². The fourth-order valence-corrected chi connectivity index (χ4v) is 12.2. The van der Waals surface area contributed by atoms with E-state index in [1.165, 1.54) is 5.19 Å². The molecule has 0 radical (unpaired) electrons. The fourth-order valence-electron chi connectivity index (χ4n) is 8.21. The summed E-state index contributed by atoms with van der Waals surface area (Å²) in [5.74, 6) is 0.370. The first-order valence-electron chi connectivity index (χ1n) is 15.7. The number of hydrogen-bond donors (Lipinski definition) is 1. The number of hydrogen-bond acceptors (Lipinski definition) is 6. The van der Waals surface area contributed by atoms with Crippen molar-refractivity contribution in [2.75, 3.05) is 43.2 Å². The molecule has 4 heterocycles. The van der Waals surface area contributed by atoms with Gasteiger partial charge in [-0.2, -0.15) is 0 Å². The molecule has 1 N–H and O–H groups in total. The van der Waals surface area contributed by atoms with Gasteiger partial charge in [-0.25, -0.2) is 0 Å². The molecule has 0 unspecified atom stereocenters. The second-order valence-electron chi connectivity index (χ2n) is 13.1. The number of benzene rings is 2. The van der Waals surface area contributed by atoms with Crippen molar-refractivity contribution in [3.8, 4) is 5.75 Å². The molecular formula is C34H43N3O6Si. The number of β-lactam (4-membered cyclic amide) rings is 1. The van der Waals surface area contributed by atoms with Gasteiger partial charge in [0.05, 0.1) is 46.0 Å². The molecular weight excluding hydrogens is 574 g/mol. The number of methoxy groups -OCH3 is 1. The zero-order chi connectivity index (χ0) is 31.4. The molecule has 2 aromatic rings. The Bertz CT molecular complexity index is 1480. The number of likely N-dealkylation sites (tertiary alicyclic amines) is 1. The van der Waals surface area contributed by atoms with Gasteiger partial charge in [-0.15, -0.1) is 6.58 Å². The minimum absolute atomic E-state index is 0.0473. The summed E-state index contributed by atoms with van der Waals surface area (Å²) in [4.78, 5) is 46.2. The van der Waals surface area contributed by atoms with E-state index in [2.05, 4.69) is 38.7 Å². The summed E-state index contributed by atoms with van der Waals surface area (Å²) in [6, 6.07) is 13.7. The molecule has 2 aromatic carbocycles. The van der Waals surface area contributed by atoms with Crippen molar-refractivity contribution in [2.24, 2.45) is 5.92 Å². The van der Waals surface area contributed by atoms with E-state index in [0.29, 0.717) is 26.1 Å². The SMILES string of the molecule is C=CCN1C(=O)[C@]2(O[C@H](CC(=O)N3CCC[C@H]3CO)[C@@H]([Si](C)(C)c3ccc(OC)cc3)[C@@H]2C)c2cc(N3CCC3=O)ccc21. The van der Waals surface area contributed by atoms with Gasteiger partial charge >= 0.3 is 0 Å². The summed E-state index contributed by atoms with van der Waals surface area (Å²) in [6.07, 6.45) is 3.48. The summed E-state index contributed by atoms with van der Waals surface area (Å²) in [6.45, 7) is 12.1. The normalized spacial score (nSPS) is 28.1. The summed E-state index contributed by atoms with van der Waals surface area (Å²) in [5, 5.41) is 11.1. The van der Waals surface area contributed by atoms with Gasteiger partial charge < -0.3 is 29.3 Å².